The maximum atomic E-state index is 11.9. The molecule has 5 nitrogen and oxygen atoms in total. The van der Waals surface area contributed by atoms with Gasteiger partial charge < -0.3 is 15.4 Å². The van der Waals surface area contributed by atoms with Gasteiger partial charge in [-0.1, -0.05) is 24.6 Å². The van der Waals surface area contributed by atoms with Crippen LogP contribution in [0.25, 0.3) is 0 Å². The molecule has 0 heterocycles. The Morgan fingerprint density at radius 3 is 1.91 bits per heavy atom. The zero-order chi connectivity index (χ0) is 16.7. The van der Waals surface area contributed by atoms with E-state index in [0.29, 0.717) is 23.5 Å². The van der Waals surface area contributed by atoms with Gasteiger partial charge in [0.2, 0.25) is 5.91 Å². The van der Waals surface area contributed by atoms with Crippen molar-refractivity contribution in [1.29, 1.82) is 0 Å². The van der Waals surface area contributed by atoms with Crippen molar-refractivity contribution in [3.8, 4) is 5.75 Å². The first kappa shape index (κ1) is 16.5. The number of hydrogen-bond donors (Lipinski definition) is 2. The predicted octanol–water partition coefficient (Wildman–Crippen LogP) is 3.36. The molecule has 2 amide bonds. The number of benzene rings is 2. The van der Waals surface area contributed by atoms with Crippen LogP contribution in [0.5, 0.6) is 5.75 Å². The molecule has 0 fully saturated rings. The molecule has 2 aromatic rings. The van der Waals surface area contributed by atoms with Crippen LogP contribution in [0.15, 0.2) is 48.5 Å². The SMILES string of the molecule is CCC(=O)Nc1ccc(NC(=O)COc2ccc(C)cc2)cc1. The van der Waals surface area contributed by atoms with Gasteiger partial charge in [-0.15, -0.1) is 0 Å². The topological polar surface area (TPSA) is 67.4 Å². The molecule has 0 bridgehead atoms. The van der Waals surface area contributed by atoms with Gasteiger partial charge in [0.15, 0.2) is 6.61 Å². The lowest BCUT2D eigenvalue weighted by Gasteiger charge is -2.09. The molecule has 5 heteroatoms. The minimum Gasteiger partial charge on any atom is -0.484 e. The third-order valence-electron chi connectivity index (χ3n) is 3.16. The van der Waals surface area contributed by atoms with Crippen molar-refractivity contribution in [2.45, 2.75) is 20.3 Å². The molecule has 0 saturated carbocycles. The molecule has 0 aliphatic heterocycles. The molecule has 23 heavy (non-hydrogen) atoms. The van der Waals surface area contributed by atoms with Crippen LogP contribution in [0.1, 0.15) is 18.9 Å². The van der Waals surface area contributed by atoms with E-state index in [-0.39, 0.29) is 18.4 Å². The van der Waals surface area contributed by atoms with Gasteiger partial charge in [0.1, 0.15) is 5.75 Å². The first-order valence-electron chi connectivity index (χ1n) is 7.46. The molecule has 0 saturated heterocycles. The Kier molecular flexibility index (Phi) is 5.74. The van der Waals surface area contributed by atoms with Gasteiger partial charge in [0, 0.05) is 17.8 Å². The van der Waals surface area contributed by atoms with Crippen LogP contribution in [0, 0.1) is 6.92 Å². The van der Waals surface area contributed by atoms with Crippen LogP contribution in [0.3, 0.4) is 0 Å². The van der Waals surface area contributed by atoms with E-state index in [4.69, 9.17) is 4.74 Å². The van der Waals surface area contributed by atoms with Gasteiger partial charge in [-0.3, -0.25) is 9.59 Å². The molecule has 120 valence electrons. The number of carbonyl (C=O) groups excluding carboxylic acids is 2. The average molecular weight is 312 g/mol. The molecule has 2 aromatic carbocycles. The number of rotatable bonds is 6. The minimum absolute atomic E-state index is 0.0479. The van der Waals surface area contributed by atoms with Gasteiger partial charge in [-0.05, 0) is 43.3 Å². The summed E-state index contributed by atoms with van der Waals surface area (Å²) in [7, 11) is 0. The van der Waals surface area contributed by atoms with Crippen LogP contribution >= 0.6 is 0 Å². The highest BCUT2D eigenvalue weighted by molar-refractivity contribution is 5.93. The lowest BCUT2D eigenvalue weighted by atomic mass is 10.2. The van der Waals surface area contributed by atoms with Gasteiger partial charge in [0.05, 0.1) is 0 Å². The third kappa shape index (κ3) is 5.47. The number of nitrogens with one attached hydrogen (secondary N) is 2. The molecule has 0 aliphatic rings. The number of amides is 2. The van der Waals surface area contributed by atoms with Crippen LogP contribution in [0.2, 0.25) is 0 Å². The fraction of sp³-hybridized carbons (Fsp3) is 0.222. The fourth-order valence-electron chi connectivity index (χ4n) is 1.87. The predicted molar refractivity (Wildman–Crippen MR) is 90.7 cm³/mol. The summed E-state index contributed by atoms with van der Waals surface area (Å²) in [6.45, 7) is 3.72. The van der Waals surface area contributed by atoms with E-state index in [9.17, 15) is 9.59 Å². The van der Waals surface area contributed by atoms with Gasteiger partial charge >= 0.3 is 0 Å². The number of carbonyl (C=O) groups is 2. The molecule has 2 rings (SSSR count). The molecule has 0 unspecified atom stereocenters. The summed E-state index contributed by atoms with van der Waals surface area (Å²) >= 11 is 0. The molecular formula is C18H20N2O3. The molecule has 0 radical (unpaired) electrons. The third-order valence-corrected chi connectivity index (χ3v) is 3.16. The van der Waals surface area contributed by atoms with Gasteiger partial charge in [-0.25, -0.2) is 0 Å². The molecule has 0 aromatic heterocycles. The highest BCUT2D eigenvalue weighted by Gasteiger charge is 2.04. The highest BCUT2D eigenvalue weighted by atomic mass is 16.5. The summed E-state index contributed by atoms with van der Waals surface area (Å²) in [5.74, 6) is 0.368. The van der Waals surface area contributed by atoms with Crippen molar-refractivity contribution in [2.24, 2.45) is 0 Å². The van der Waals surface area contributed by atoms with Crippen molar-refractivity contribution in [2.75, 3.05) is 17.2 Å². The van der Waals surface area contributed by atoms with E-state index >= 15 is 0 Å². The van der Waals surface area contributed by atoms with Crippen molar-refractivity contribution in [1.82, 2.24) is 0 Å². The van der Waals surface area contributed by atoms with Gasteiger partial charge in [0.25, 0.3) is 5.91 Å². The Bertz CT molecular complexity index is 664. The van der Waals surface area contributed by atoms with E-state index < -0.39 is 0 Å². The van der Waals surface area contributed by atoms with E-state index in [2.05, 4.69) is 10.6 Å². The van der Waals surface area contributed by atoms with E-state index in [1.165, 1.54) is 0 Å². The lowest BCUT2D eigenvalue weighted by Crippen LogP contribution is -2.20. The summed E-state index contributed by atoms with van der Waals surface area (Å²) < 4.78 is 5.42. The normalized spacial score (nSPS) is 10.0. The zero-order valence-electron chi connectivity index (χ0n) is 13.3. The van der Waals surface area contributed by atoms with E-state index in [1.807, 2.05) is 31.2 Å². The van der Waals surface area contributed by atoms with Crippen LogP contribution in [0.4, 0.5) is 11.4 Å². The smallest absolute Gasteiger partial charge is 0.262 e. The number of ether oxygens (including phenoxy) is 1. The maximum Gasteiger partial charge on any atom is 0.262 e. The van der Waals surface area contributed by atoms with Crippen LogP contribution in [-0.4, -0.2) is 18.4 Å². The first-order valence-corrected chi connectivity index (χ1v) is 7.46. The molecule has 0 atom stereocenters. The Balaban J connectivity index is 1.82. The summed E-state index contributed by atoms with van der Waals surface area (Å²) in [4.78, 5) is 23.1. The summed E-state index contributed by atoms with van der Waals surface area (Å²) in [5.41, 5.74) is 2.49. The summed E-state index contributed by atoms with van der Waals surface area (Å²) in [6.07, 6.45) is 0.425. The van der Waals surface area contributed by atoms with E-state index in [1.54, 1.807) is 31.2 Å². The van der Waals surface area contributed by atoms with Crippen molar-refractivity contribution >= 4 is 23.2 Å². The van der Waals surface area contributed by atoms with Crippen LogP contribution < -0.4 is 15.4 Å². The van der Waals surface area contributed by atoms with Crippen molar-refractivity contribution in [3.63, 3.8) is 0 Å². The number of anilines is 2. The van der Waals surface area contributed by atoms with Gasteiger partial charge in [-0.2, -0.15) is 0 Å². The minimum atomic E-state index is -0.240. The maximum absolute atomic E-state index is 11.9. The number of hydrogen-bond acceptors (Lipinski definition) is 3. The second-order valence-electron chi connectivity index (χ2n) is 5.13. The monoisotopic (exact) mass is 312 g/mol. The molecule has 0 spiro atoms. The highest BCUT2D eigenvalue weighted by Crippen LogP contribution is 2.14. The number of aryl methyl sites for hydroxylation is 1. The molecule has 0 aliphatic carbocycles. The second kappa shape index (κ2) is 7.98. The Labute approximate surface area is 135 Å². The zero-order valence-corrected chi connectivity index (χ0v) is 13.3. The van der Waals surface area contributed by atoms with Crippen molar-refractivity contribution < 1.29 is 14.3 Å². The summed E-state index contributed by atoms with van der Waals surface area (Å²) in [5, 5.41) is 5.49. The Morgan fingerprint density at radius 1 is 0.870 bits per heavy atom. The quantitative estimate of drug-likeness (QED) is 0.859. The molecule has 2 N–H and O–H groups in total. The Hall–Kier alpha value is -2.82. The second-order valence-corrected chi connectivity index (χ2v) is 5.13. The fourth-order valence-corrected chi connectivity index (χ4v) is 1.87. The average Bonchev–Trinajstić information content (AvgIpc) is 2.56. The first-order chi connectivity index (χ1) is 11.1. The van der Waals surface area contributed by atoms with Crippen molar-refractivity contribution in [3.05, 3.63) is 54.1 Å². The Morgan fingerprint density at radius 2 is 1.39 bits per heavy atom. The summed E-state index contributed by atoms with van der Waals surface area (Å²) in [6, 6.07) is 14.5. The standard InChI is InChI=1S/C18H20N2O3/c1-3-17(21)19-14-6-8-15(9-7-14)20-18(22)12-23-16-10-4-13(2)5-11-16/h4-11H,3,12H2,1-2H3,(H,19,21)(H,20,22). The lowest BCUT2D eigenvalue weighted by molar-refractivity contribution is -0.118. The largest absolute Gasteiger partial charge is 0.484 e. The van der Waals surface area contributed by atoms with E-state index in [0.717, 1.165) is 5.56 Å². The molecular weight excluding hydrogens is 292 g/mol. The van der Waals surface area contributed by atoms with Crippen LogP contribution in [-0.2, 0) is 9.59 Å².